The highest BCUT2D eigenvalue weighted by Crippen LogP contribution is 1.95. The van der Waals surface area contributed by atoms with Gasteiger partial charge in [-0.3, -0.25) is 9.63 Å². The smallest absolute Gasteiger partial charge is 0.220 e. The monoisotopic (exact) mass is 178 g/mol. The minimum atomic E-state index is -0.533. The van der Waals surface area contributed by atoms with Gasteiger partial charge in [0.1, 0.15) is 6.10 Å². The third kappa shape index (κ3) is 6.05. The Labute approximate surface area is 70.4 Å². The fourth-order valence-electron chi connectivity index (χ4n) is 0.650. The molecule has 0 saturated heterocycles. The van der Waals surface area contributed by atoms with Crippen molar-refractivity contribution >= 4 is 5.91 Å². The number of primary amides is 1. The van der Waals surface area contributed by atoms with Crippen LogP contribution in [0.1, 0.15) is 6.42 Å². The SMILES string of the molecule is NOC(COCCO)CC(N)=O. The maximum absolute atomic E-state index is 10.4. The molecule has 0 aromatic rings. The molecule has 5 N–H and O–H groups in total. The molecule has 0 spiro atoms. The summed E-state index contributed by atoms with van der Waals surface area (Å²) in [6.07, 6.45) is -0.517. The standard InChI is InChI=1S/C6H14N2O4/c7-6(10)3-5(12-8)4-11-2-1-9/h5,9H,1-4,8H2,(H2,7,10). The summed E-state index contributed by atoms with van der Waals surface area (Å²) in [5.74, 6) is 4.35. The summed E-state index contributed by atoms with van der Waals surface area (Å²) in [4.78, 5) is 14.8. The van der Waals surface area contributed by atoms with Crippen molar-refractivity contribution in [3.8, 4) is 0 Å². The van der Waals surface area contributed by atoms with Gasteiger partial charge < -0.3 is 15.6 Å². The van der Waals surface area contributed by atoms with Crippen LogP contribution >= 0.6 is 0 Å². The lowest BCUT2D eigenvalue weighted by molar-refractivity contribution is -0.122. The second-order valence-corrected chi connectivity index (χ2v) is 2.23. The molecule has 0 aromatic heterocycles. The minimum Gasteiger partial charge on any atom is -0.394 e. The van der Waals surface area contributed by atoms with Crippen LogP contribution in [-0.4, -0.2) is 36.9 Å². The van der Waals surface area contributed by atoms with E-state index in [9.17, 15) is 4.79 Å². The van der Waals surface area contributed by atoms with Gasteiger partial charge in [0.25, 0.3) is 0 Å². The highest BCUT2D eigenvalue weighted by Gasteiger charge is 2.11. The van der Waals surface area contributed by atoms with Crippen molar-refractivity contribution in [1.29, 1.82) is 0 Å². The number of amides is 1. The molecular weight excluding hydrogens is 164 g/mol. The first-order valence-electron chi connectivity index (χ1n) is 3.53. The molecule has 12 heavy (non-hydrogen) atoms. The van der Waals surface area contributed by atoms with Gasteiger partial charge in [-0.15, -0.1) is 0 Å². The Morgan fingerprint density at radius 1 is 1.58 bits per heavy atom. The van der Waals surface area contributed by atoms with Crippen LogP contribution in [0.5, 0.6) is 0 Å². The van der Waals surface area contributed by atoms with E-state index in [1.54, 1.807) is 0 Å². The topological polar surface area (TPSA) is 108 Å². The first-order chi connectivity index (χ1) is 5.70. The van der Waals surface area contributed by atoms with Gasteiger partial charge in [-0.1, -0.05) is 0 Å². The molecule has 0 heterocycles. The molecule has 72 valence electrons. The van der Waals surface area contributed by atoms with Gasteiger partial charge in [0.2, 0.25) is 5.91 Å². The summed E-state index contributed by atoms with van der Waals surface area (Å²) in [5.41, 5.74) is 4.89. The number of hydrogen-bond donors (Lipinski definition) is 3. The normalized spacial score (nSPS) is 12.8. The fourth-order valence-corrected chi connectivity index (χ4v) is 0.650. The van der Waals surface area contributed by atoms with Gasteiger partial charge in [0, 0.05) is 0 Å². The van der Waals surface area contributed by atoms with E-state index >= 15 is 0 Å². The third-order valence-electron chi connectivity index (χ3n) is 1.16. The highest BCUT2D eigenvalue weighted by atomic mass is 16.6. The predicted octanol–water partition coefficient (Wildman–Crippen LogP) is -1.87. The summed E-state index contributed by atoms with van der Waals surface area (Å²) in [6, 6.07) is 0. The van der Waals surface area contributed by atoms with Crippen LogP contribution in [0.4, 0.5) is 0 Å². The number of rotatable bonds is 7. The van der Waals surface area contributed by atoms with Crippen molar-refractivity contribution in [3.63, 3.8) is 0 Å². The van der Waals surface area contributed by atoms with Crippen molar-refractivity contribution < 1.29 is 19.5 Å². The molecule has 1 amide bonds. The van der Waals surface area contributed by atoms with Gasteiger partial charge in [0.15, 0.2) is 0 Å². The molecule has 0 rings (SSSR count). The van der Waals surface area contributed by atoms with E-state index in [1.807, 2.05) is 0 Å². The number of hydrogen-bond acceptors (Lipinski definition) is 5. The largest absolute Gasteiger partial charge is 0.394 e. The van der Waals surface area contributed by atoms with Crippen LogP contribution in [0.3, 0.4) is 0 Å². The zero-order valence-electron chi connectivity index (χ0n) is 6.73. The number of nitrogens with two attached hydrogens (primary N) is 2. The molecule has 0 aromatic carbocycles. The van der Waals surface area contributed by atoms with Gasteiger partial charge in [-0.05, 0) is 0 Å². The van der Waals surface area contributed by atoms with Crippen molar-refractivity contribution in [2.75, 3.05) is 19.8 Å². The Bertz CT molecular complexity index is 131. The van der Waals surface area contributed by atoms with Crippen molar-refractivity contribution in [3.05, 3.63) is 0 Å². The molecule has 0 fully saturated rings. The van der Waals surface area contributed by atoms with E-state index in [-0.39, 0.29) is 26.2 Å². The van der Waals surface area contributed by atoms with Crippen LogP contribution in [-0.2, 0) is 14.4 Å². The first-order valence-corrected chi connectivity index (χ1v) is 3.53. The van der Waals surface area contributed by atoms with Crippen LogP contribution in [0.25, 0.3) is 0 Å². The minimum absolute atomic E-state index is 0.0158. The second kappa shape index (κ2) is 6.99. The average Bonchev–Trinajstić information content (AvgIpc) is 2.02. The molecular formula is C6H14N2O4. The lowest BCUT2D eigenvalue weighted by Gasteiger charge is -2.11. The van der Waals surface area contributed by atoms with Crippen LogP contribution in [0, 0.1) is 0 Å². The molecule has 0 aliphatic rings. The molecule has 0 radical (unpaired) electrons. The van der Waals surface area contributed by atoms with E-state index in [1.165, 1.54) is 0 Å². The fraction of sp³-hybridized carbons (Fsp3) is 0.833. The summed E-state index contributed by atoms with van der Waals surface area (Å²) >= 11 is 0. The Morgan fingerprint density at radius 3 is 2.67 bits per heavy atom. The van der Waals surface area contributed by atoms with Crippen molar-refractivity contribution in [2.45, 2.75) is 12.5 Å². The summed E-state index contributed by atoms with van der Waals surface area (Å²) in [6.45, 7) is 0.270. The van der Waals surface area contributed by atoms with Gasteiger partial charge in [-0.25, -0.2) is 5.90 Å². The quantitative estimate of drug-likeness (QED) is 0.312. The van der Waals surface area contributed by atoms with Crippen LogP contribution < -0.4 is 11.6 Å². The Kier molecular flexibility index (Phi) is 6.58. The molecule has 0 aliphatic carbocycles. The molecule has 1 atom stereocenters. The van der Waals surface area contributed by atoms with E-state index in [0.717, 1.165) is 0 Å². The van der Waals surface area contributed by atoms with E-state index in [4.69, 9.17) is 21.5 Å². The molecule has 1 unspecified atom stereocenters. The maximum Gasteiger partial charge on any atom is 0.220 e. The number of carbonyl (C=O) groups excluding carboxylic acids is 1. The average molecular weight is 178 g/mol. The number of carbonyl (C=O) groups is 1. The van der Waals surface area contributed by atoms with Crippen LogP contribution in [0.15, 0.2) is 0 Å². The van der Waals surface area contributed by atoms with E-state index in [0.29, 0.717) is 0 Å². The Morgan fingerprint density at radius 2 is 2.25 bits per heavy atom. The predicted molar refractivity (Wildman–Crippen MR) is 40.8 cm³/mol. The van der Waals surface area contributed by atoms with Gasteiger partial charge in [-0.2, -0.15) is 0 Å². The Hall–Kier alpha value is -0.690. The lowest BCUT2D eigenvalue weighted by Crippen LogP contribution is -2.29. The number of aliphatic hydroxyl groups excluding tert-OH is 1. The summed E-state index contributed by atoms with van der Waals surface area (Å²) in [7, 11) is 0. The highest BCUT2D eigenvalue weighted by molar-refractivity contribution is 5.74. The summed E-state index contributed by atoms with van der Waals surface area (Å²) < 4.78 is 4.87. The van der Waals surface area contributed by atoms with E-state index < -0.39 is 12.0 Å². The molecule has 0 bridgehead atoms. The lowest BCUT2D eigenvalue weighted by atomic mass is 10.2. The summed E-state index contributed by atoms with van der Waals surface area (Å²) in [5, 5.41) is 8.35. The maximum atomic E-state index is 10.4. The van der Waals surface area contributed by atoms with Gasteiger partial charge in [0.05, 0.1) is 26.2 Å². The third-order valence-corrected chi connectivity index (χ3v) is 1.16. The number of aliphatic hydroxyl groups is 1. The zero-order valence-corrected chi connectivity index (χ0v) is 6.73. The van der Waals surface area contributed by atoms with Gasteiger partial charge >= 0.3 is 0 Å². The van der Waals surface area contributed by atoms with Crippen LogP contribution in [0.2, 0.25) is 0 Å². The second-order valence-electron chi connectivity index (χ2n) is 2.23. The molecule has 6 nitrogen and oxygen atoms in total. The number of ether oxygens (including phenoxy) is 1. The van der Waals surface area contributed by atoms with Crippen molar-refractivity contribution in [1.82, 2.24) is 0 Å². The first kappa shape index (κ1) is 11.3. The molecule has 6 heteroatoms. The van der Waals surface area contributed by atoms with Crippen molar-refractivity contribution in [2.24, 2.45) is 11.6 Å². The molecule has 0 saturated carbocycles. The van der Waals surface area contributed by atoms with E-state index in [2.05, 4.69) is 4.84 Å². The molecule has 0 aliphatic heterocycles. The Balaban J connectivity index is 3.46. The zero-order chi connectivity index (χ0) is 9.40.